The van der Waals surface area contributed by atoms with Gasteiger partial charge in [-0.15, -0.1) is 0 Å². The lowest BCUT2D eigenvalue weighted by Gasteiger charge is -2.07. The van der Waals surface area contributed by atoms with Gasteiger partial charge >= 0.3 is 0 Å². The van der Waals surface area contributed by atoms with E-state index in [1.165, 1.54) is 11.1 Å². The normalized spacial score (nSPS) is 13.5. The summed E-state index contributed by atoms with van der Waals surface area (Å²) in [7, 11) is 0. The van der Waals surface area contributed by atoms with E-state index >= 15 is 0 Å². The van der Waals surface area contributed by atoms with Crippen molar-refractivity contribution in [2.24, 2.45) is 0 Å². The van der Waals surface area contributed by atoms with Crippen molar-refractivity contribution >= 4 is 17.2 Å². The van der Waals surface area contributed by atoms with Crippen LogP contribution in [0.2, 0.25) is 0 Å². The lowest BCUT2D eigenvalue weighted by Crippen LogP contribution is -2.10. The van der Waals surface area contributed by atoms with Gasteiger partial charge < -0.3 is 5.32 Å². The SMILES string of the molecule is CCCCC(=O)Nc1ccc(C2=CC=CC2)cc1. The first kappa shape index (κ1) is 12.6. The molecule has 0 aromatic heterocycles. The van der Waals surface area contributed by atoms with Crippen molar-refractivity contribution in [3.05, 3.63) is 48.1 Å². The highest BCUT2D eigenvalue weighted by molar-refractivity contribution is 5.90. The third kappa shape index (κ3) is 3.33. The lowest BCUT2D eigenvalue weighted by molar-refractivity contribution is -0.116. The maximum atomic E-state index is 11.6. The maximum absolute atomic E-state index is 11.6. The topological polar surface area (TPSA) is 29.1 Å². The fourth-order valence-electron chi connectivity index (χ4n) is 1.99. The van der Waals surface area contributed by atoms with Crippen molar-refractivity contribution in [1.82, 2.24) is 0 Å². The molecule has 1 amide bonds. The summed E-state index contributed by atoms with van der Waals surface area (Å²) in [4.78, 5) is 11.6. The average molecular weight is 241 g/mol. The number of hydrogen-bond acceptors (Lipinski definition) is 1. The van der Waals surface area contributed by atoms with Gasteiger partial charge in [-0.3, -0.25) is 4.79 Å². The molecule has 0 saturated heterocycles. The minimum absolute atomic E-state index is 0.103. The molecular formula is C16H19NO. The highest BCUT2D eigenvalue weighted by Gasteiger charge is 2.04. The number of carbonyl (C=O) groups excluding carboxylic acids is 1. The molecular weight excluding hydrogens is 222 g/mol. The quantitative estimate of drug-likeness (QED) is 0.824. The van der Waals surface area contributed by atoms with E-state index in [1.807, 2.05) is 12.1 Å². The number of carbonyl (C=O) groups is 1. The molecule has 1 aliphatic carbocycles. The Morgan fingerprint density at radius 3 is 2.67 bits per heavy atom. The number of allylic oxidation sites excluding steroid dienone is 4. The first-order chi connectivity index (χ1) is 8.79. The van der Waals surface area contributed by atoms with E-state index in [1.54, 1.807) is 0 Å². The summed E-state index contributed by atoms with van der Waals surface area (Å²) in [5, 5.41) is 2.92. The van der Waals surface area contributed by atoms with Crippen LogP contribution in [0.5, 0.6) is 0 Å². The molecule has 1 aliphatic rings. The van der Waals surface area contributed by atoms with Crippen LogP contribution >= 0.6 is 0 Å². The minimum atomic E-state index is 0.103. The van der Waals surface area contributed by atoms with Gasteiger partial charge in [-0.2, -0.15) is 0 Å². The van der Waals surface area contributed by atoms with E-state index in [-0.39, 0.29) is 5.91 Å². The van der Waals surface area contributed by atoms with Gasteiger partial charge in [0.2, 0.25) is 5.91 Å². The molecule has 1 N–H and O–H groups in total. The van der Waals surface area contributed by atoms with Gasteiger partial charge in [-0.05, 0) is 36.1 Å². The second kappa shape index (κ2) is 6.20. The predicted molar refractivity (Wildman–Crippen MR) is 76.3 cm³/mol. The second-order valence-electron chi connectivity index (χ2n) is 4.55. The molecule has 0 fully saturated rings. The van der Waals surface area contributed by atoms with Crippen LogP contribution in [-0.4, -0.2) is 5.91 Å². The summed E-state index contributed by atoms with van der Waals surface area (Å²) in [6, 6.07) is 8.07. The van der Waals surface area contributed by atoms with Crippen molar-refractivity contribution < 1.29 is 4.79 Å². The van der Waals surface area contributed by atoms with Gasteiger partial charge in [-0.1, -0.05) is 43.7 Å². The van der Waals surface area contributed by atoms with E-state index in [4.69, 9.17) is 0 Å². The number of rotatable bonds is 5. The van der Waals surface area contributed by atoms with Crippen LogP contribution in [0.3, 0.4) is 0 Å². The predicted octanol–water partition coefficient (Wildman–Crippen LogP) is 4.16. The van der Waals surface area contributed by atoms with Gasteiger partial charge in [0.1, 0.15) is 0 Å². The Kier molecular flexibility index (Phi) is 4.35. The summed E-state index contributed by atoms with van der Waals surface area (Å²) in [5.74, 6) is 0.103. The largest absolute Gasteiger partial charge is 0.326 e. The first-order valence-corrected chi connectivity index (χ1v) is 6.55. The first-order valence-electron chi connectivity index (χ1n) is 6.55. The van der Waals surface area contributed by atoms with Gasteiger partial charge in [-0.25, -0.2) is 0 Å². The van der Waals surface area contributed by atoms with Crippen LogP contribution < -0.4 is 5.32 Å². The molecule has 0 bridgehead atoms. The molecule has 0 radical (unpaired) electrons. The number of anilines is 1. The second-order valence-corrected chi connectivity index (χ2v) is 4.55. The zero-order valence-electron chi connectivity index (χ0n) is 10.8. The van der Waals surface area contributed by atoms with E-state index in [0.29, 0.717) is 6.42 Å². The summed E-state index contributed by atoms with van der Waals surface area (Å²) < 4.78 is 0. The molecule has 0 aliphatic heterocycles. The van der Waals surface area contributed by atoms with Crippen molar-refractivity contribution in [3.8, 4) is 0 Å². The monoisotopic (exact) mass is 241 g/mol. The van der Waals surface area contributed by atoms with E-state index in [0.717, 1.165) is 24.9 Å². The highest BCUT2D eigenvalue weighted by Crippen LogP contribution is 2.24. The van der Waals surface area contributed by atoms with Gasteiger partial charge in [0.15, 0.2) is 0 Å². The molecule has 2 nitrogen and oxygen atoms in total. The summed E-state index contributed by atoms with van der Waals surface area (Å²) in [6.45, 7) is 2.09. The molecule has 2 rings (SSSR count). The zero-order chi connectivity index (χ0) is 12.8. The minimum Gasteiger partial charge on any atom is -0.326 e. The Balaban J connectivity index is 1.93. The molecule has 0 atom stereocenters. The van der Waals surface area contributed by atoms with Crippen LogP contribution in [-0.2, 0) is 4.79 Å². The summed E-state index contributed by atoms with van der Waals surface area (Å²) >= 11 is 0. The van der Waals surface area contributed by atoms with Crippen LogP contribution in [0.1, 0.15) is 38.2 Å². The summed E-state index contributed by atoms with van der Waals surface area (Å²) in [6.07, 6.45) is 9.96. The van der Waals surface area contributed by atoms with Crippen molar-refractivity contribution in [2.75, 3.05) is 5.32 Å². The van der Waals surface area contributed by atoms with Crippen molar-refractivity contribution in [2.45, 2.75) is 32.6 Å². The Morgan fingerprint density at radius 1 is 1.28 bits per heavy atom. The Bertz CT molecular complexity index is 468. The van der Waals surface area contributed by atoms with Crippen molar-refractivity contribution in [1.29, 1.82) is 0 Å². The van der Waals surface area contributed by atoms with E-state index in [9.17, 15) is 4.79 Å². The molecule has 94 valence electrons. The average Bonchev–Trinajstić information content (AvgIpc) is 2.91. The third-order valence-electron chi connectivity index (χ3n) is 3.07. The number of hydrogen-bond donors (Lipinski definition) is 1. The van der Waals surface area contributed by atoms with Gasteiger partial charge in [0, 0.05) is 12.1 Å². The fraction of sp³-hybridized carbons (Fsp3) is 0.312. The van der Waals surface area contributed by atoms with Crippen LogP contribution in [0.4, 0.5) is 5.69 Å². The molecule has 0 saturated carbocycles. The summed E-state index contributed by atoms with van der Waals surface area (Å²) in [5.41, 5.74) is 3.44. The standard InChI is InChI=1S/C16H19NO/c1-2-3-8-16(18)17-15-11-9-14(10-12-15)13-6-4-5-7-13/h4-6,9-12H,2-3,7-8H2,1H3,(H,17,18). The van der Waals surface area contributed by atoms with Gasteiger partial charge in [0.05, 0.1) is 0 Å². The van der Waals surface area contributed by atoms with Crippen LogP contribution in [0.25, 0.3) is 5.57 Å². The molecule has 0 spiro atoms. The fourth-order valence-corrected chi connectivity index (χ4v) is 1.99. The Hall–Kier alpha value is -1.83. The Morgan fingerprint density at radius 2 is 2.06 bits per heavy atom. The molecule has 0 heterocycles. The van der Waals surface area contributed by atoms with E-state index in [2.05, 4.69) is 42.6 Å². The molecule has 1 aromatic carbocycles. The smallest absolute Gasteiger partial charge is 0.224 e. The lowest BCUT2D eigenvalue weighted by atomic mass is 10.1. The number of amides is 1. The van der Waals surface area contributed by atoms with Crippen LogP contribution in [0, 0.1) is 0 Å². The molecule has 18 heavy (non-hydrogen) atoms. The highest BCUT2D eigenvalue weighted by atomic mass is 16.1. The van der Waals surface area contributed by atoms with Crippen molar-refractivity contribution in [3.63, 3.8) is 0 Å². The van der Waals surface area contributed by atoms with Crippen LogP contribution in [0.15, 0.2) is 42.5 Å². The maximum Gasteiger partial charge on any atom is 0.224 e. The third-order valence-corrected chi connectivity index (χ3v) is 3.07. The molecule has 1 aromatic rings. The molecule has 2 heteroatoms. The molecule has 0 unspecified atom stereocenters. The number of unbranched alkanes of at least 4 members (excludes halogenated alkanes) is 1. The number of benzene rings is 1. The Labute approximate surface area is 108 Å². The van der Waals surface area contributed by atoms with Gasteiger partial charge in [0.25, 0.3) is 0 Å². The zero-order valence-corrected chi connectivity index (χ0v) is 10.8. The van der Waals surface area contributed by atoms with E-state index < -0.39 is 0 Å². The number of nitrogens with one attached hydrogen (secondary N) is 1.